The molecule has 0 spiro atoms. The lowest BCUT2D eigenvalue weighted by Crippen LogP contribution is -2.29. The van der Waals surface area contributed by atoms with Crippen molar-refractivity contribution in [2.75, 3.05) is 24.5 Å². The van der Waals surface area contributed by atoms with Crippen LogP contribution in [0.5, 0.6) is 0 Å². The zero-order valence-electron chi connectivity index (χ0n) is 10.9. The molecule has 1 aliphatic heterocycles. The standard InChI is InChI=1S/C14H19FN2O/c1-10(2)11-3-4-13(12(15)9-11)17-7-5-14(18)16-6-8-17/h3-4,9-10H,5-8H2,1-2H3,(H,16,18). The van der Waals surface area contributed by atoms with Gasteiger partial charge in [0.15, 0.2) is 0 Å². The number of benzene rings is 1. The number of hydrogen-bond donors (Lipinski definition) is 1. The summed E-state index contributed by atoms with van der Waals surface area (Å²) >= 11 is 0. The Balaban J connectivity index is 2.20. The van der Waals surface area contributed by atoms with Crippen molar-refractivity contribution in [1.29, 1.82) is 0 Å². The SMILES string of the molecule is CC(C)c1ccc(N2CCNC(=O)CC2)c(F)c1. The third kappa shape index (κ3) is 2.81. The monoisotopic (exact) mass is 250 g/mol. The minimum atomic E-state index is -0.199. The van der Waals surface area contributed by atoms with Crippen LogP contribution in [0.2, 0.25) is 0 Å². The van der Waals surface area contributed by atoms with Gasteiger partial charge in [0.05, 0.1) is 5.69 Å². The van der Waals surface area contributed by atoms with Crippen molar-refractivity contribution in [2.24, 2.45) is 0 Å². The summed E-state index contributed by atoms with van der Waals surface area (Å²) in [6.45, 7) is 5.89. The molecule has 2 rings (SSSR count). The number of nitrogens with zero attached hydrogens (tertiary/aromatic N) is 1. The first-order chi connectivity index (χ1) is 8.58. The molecule has 1 aromatic carbocycles. The van der Waals surface area contributed by atoms with Crippen molar-refractivity contribution in [3.8, 4) is 0 Å². The van der Waals surface area contributed by atoms with E-state index < -0.39 is 0 Å². The molecule has 3 nitrogen and oxygen atoms in total. The zero-order chi connectivity index (χ0) is 13.1. The molecule has 0 bridgehead atoms. The van der Waals surface area contributed by atoms with Gasteiger partial charge in [-0.15, -0.1) is 0 Å². The van der Waals surface area contributed by atoms with Gasteiger partial charge in [0.2, 0.25) is 5.91 Å². The van der Waals surface area contributed by atoms with Gasteiger partial charge in [-0.25, -0.2) is 4.39 Å². The Bertz CT molecular complexity index is 445. The molecule has 1 amide bonds. The van der Waals surface area contributed by atoms with Crippen LogP contribution in [0.3, 0.4) is 0 Å². The lowest BCUT2D eigenvalue weighted by Gasteiger charge is -2.23. The highest BCUT2D eigenvalue weighted by atomic mass is 19.1. The summed E-state index contributed by atoms with van der Waals surface area (Å²) in [6, 6.07) is 5.38. The topological polar surface area (TPSA) is 32.3 Å². The van der Waals surface area contributed by atoms with Gasteiger partial charge in [-0.3, -0.25) is 4.79 Å². The van der Waals surface area contributed by atoms with Crippen LogP contribution in [0.4, 0.5) is 10.1 Å². The summed E-state index contributed by atoms with van der Waals surface area (Å²) in [4.78, 5) is 13.2. The van der Waals surface area contributed by atoms with E-state index in [4.69, 9.17) is 0 Å². The van der Waals surface area contributed by atoms with Crippen molar-refractivity contribution >= 4 is 11.6 Å². The van der Waals surface area contributed by atoms with Crippen LogP contribution in [0.15, 0.2) is 18.2 Å². The first-order valence-corrected chi connectivity index (χ1v) is 6.39. The summed E-state index contributed by atoms with van der Waals surface area (Å²) in [5.74, 6) is 0.160. The molecule has 1 saturated heterocycles. The van der Waals surface area contributed by atoms with Crippen molar-refractivity contribution in [1.82, 2.24) is 5.32 Å². The molecule has 0 aromatic heterocycles. The molecular weight excluding hydrogens is 231 g/mol. The molecular formula is C14H19FN2O. The van der Waals surface area contributed by atoms with Crippen molar-refractivity contribution in [3.05, 3.63) is 29.6 Å². The molecule has 18 heavy (non-hydrogen) atoms. The van der Waals surface area contributed by atoms with E-state index in [9.17, 15) is 9.18 Å². The number of hydrogen-bond acceptors (Lipinski definition) is 2. The second-order valence-corrected chi connectivity index (χ2v) is 4.95. The quantitative estimate of drug-likeness (QED) is 0.873. The molecule has 1 aliphatic rings. The highest BCUT2D eigenvalue weighted by Gasteiger charge is 2.17. The fourth-order valence-electron chi connectivity index (χ4n) is 2.15. The van der Waals surface area contributed by atoms with Gasteiger partial charge in [-0.05, 0) is 23.6 Å². The lowest BCUT2D eigenvalue weighted by molar-refractivity contribution is -0.120. The van der Waals surface area contributed by atoms with E-state index in [1.807, 2.05) is 30.9 Å². The summed E-state index contributed by atoms with van der Waals surface area (Å²) in [5, 5.41) is 2.79. The number of carbonyl (C=O) groups excluding carboxylic acids is 1. The Morgan fingerprint density at radius 3 is 2.78 bits per heavy atom. The summed E-state index contributed by atoms with van der Waals surface area (Å²) in [7, 11) is 0. The smallest absolute Gasteiger partial charge is 0.221 e. The summed E-state index contributed by atoms with van der Waals surface area (Å²) in [5.41, 5.74) is 1.59. The first kappa shape index (κ1) is 12.9. The number of amides is 1. The van der Waals surface area contributed by atoms with E-state index in [0.29, 0.717) is 37.7 Å². The van der Waals surface area contributed by atoms with Crippen LogP contribution in [-0.2, 0) is 4.79 Å². The molecule has 0 saturated carbocycles. The van der Waals surface area contributed by atoms with E-state index >= 15 is 0 Å². The maximum absolute atomic E-state index is 14.1. The minimum Gasteiger partial charge on any atom is -0.367 e. The van der Waals surface area contributed by atoms with Crippen LogP contribution < -0.4 is 10.2 Å². The summed E-state index contributed by atoms with van der Waals surface area (Å²) < 4.78 is 14.1. The van der Waals surface area contributed by atoms with Gasteiger partial charge in [0, 0.05) is 26.1 Å². The number of anilines is 1. The zero-order valence-corrected chi connectivity index (χ0v) is 10.9. The van der Waals surface area contributed by atoms with Crippen LogP contribution in [0.25, 0.3) is 0 Å². The molecule has 4 heteroatoms. The van der Waals surface area contributed by atoms with E-state index in [2.05, 4.69) is 5.32 Å². The molecule has 1 fully saturated rings. The summed E-state index contributed by atoms with van der Waals surface area (Å²) in [6.07, 6.45) is 0.422. The van der Waals surface area contributed by atoms with Crippen molar-refractivity contribution in [2.45, 2.75) is 26.2 Å². The van der Waals surface area contributed by atoms with Gasteiger partial charge >= 0.3 is 0 Å². The Hall–Kier alpha value is -1.58. The predicted molar refractivity (Wildman–Crippen MR) is 70.3 cm³/mol. The van der Waals surface area contributed by atoms with Crippen LogP contribution >= 0.6 is 0 Å². The molecule has 0 atom stereocenters. The number of rotatable bonds is 2. The molecule has 98 valence electrons. The van der Waals surface area contributed by atoms with Crippen molar-refractivity contribution in [3.63, 3.8) is 0 Å². The third-order valence-corrected chi connectivity index (χ3v) is 3.29. The van der Waals surface area contributed by atoms with Gasteiger partial charge in [-0.1, -0.05) is 19.9 Å². The average Bonchev–Trinajstić information content (AvgIpc) is 2.54. The molecule has 1 aromatic rings. The minimum absolute atomic E-state index is 0.0386. The molecule has 1 heterocycles. The largest absolute Gasteiger partial charge is 0.367 e. The Labute approximate surface area is 107 Å². The highest BCUT2D eigenvalue weighted by molar-refractivity contribution is 5.77. The maximum atomic E-state index is 14.1. The number of halogens is 1. The average molecular weight is 250 g/mol. The Kier molecular flexibility index (Phi) is 3.84. The Morgan fingerprint density at radius 1 is 1.33 bits per heavy atom. The van der Waals surface area contributed by atoms with Crippen LogP contribution in [0.1, 0.15) is 31.7 Å². The van der Waals surface area contributed by atoms with E-state index in [1.165, 1.54) is 0 Å². The van der Waals surface area contributed by atoms with Crippen LogP contribution in [0, 0.1) is 5.82 Å². The maximum Gasteiger partial charge on any atom is 0.221 e. The molecule has 1 N–H and O–H groups in total. The van der Waals surface area contributed by atoms with Gasteiger partial charge in [-0.2, -0.15) is 0 Å². The number of carbonyl (C=O) groups is 1. The second kappa shape index (κ2) is 5.38. The van der Waals surface area contributed by atoms with E-state index in [-0.39, 0.29) is 11.7 Å². The molecule has 0 radical (unpaired) electrons. The fraction of sp³-hybridized carbons (Fsp3) is 0.500. The second-order valence-electron chi connectivity index (χ2n) is 4.95. The number of nitrogens with one attached hydrogen (secondary N) is 1. The Morgan fingerprint density at radius 2 is 2.11 bits per heavy atom. The predicted octanol–water partition coefficient (Wildman–Crippen LogP) is 2.28. The van der Waals surface area contributed by atoms with Crippen molar-refractivity contribution < 1.29 is 9.18 Å². The lowest BCUT2D eigenvalue weighted by atomic mass is 10.0. The molecule has 0 aliphatic carbocycles. The van der Waals surface area contributed by atoms with Crippen LogP contribution in [-0.4, -0.2) is 25.5 Å². The van der Waals surface area contributed by atoms with E-state index in [0.717, 1.165) is 5.56 Å². The van der Waals surface area contributed by atoms with Gasteiger partial charge < -0.3 is 10.2 Å². The normalized spacial score (nSPS) is 16.7. The van der Waals surface area contributed by atoms with Gasteiger partial charge in [0.25, 0.3) is 0 Å². The van der Waals surface area contributed by atoms with E-state index in [1.54, 1.807) is 6.07 Å². The third-order valence-electron chi connectivity index (χ3n) is 3.29. The molecule has 0 unspecified atom stereocenters. The highest BCUT2D eigenvalue weighted by Crippen LogP contribution is 2.24. The van der Waals surface area contributed by atoms with Gasteiger partial charge in [0.1, 0.15) is 5.82 Å². The first-order valence-electron chi connectivity index (χ1n) is 6.39. The fourth-order valence-corrected chi connectivity index (χ4v) is 2.15.